The Morgan fingerprint density at radius 3 is 2.62 bits per heavy atom. The quantitative estimate of drug-likeness (QED) is 0.842. The molecule has 0 radical (unpaired) electrons. The minimum Gasteiger partial charge on any atom is -0.465 e. The van der Waals surface area contributed by atoms with E-state index in [1.54, 1.807) is 13.8 Å². The second kappa shape index (κ2) is 5.39. The number of nitrogens with two attached hydrogens (primary N) is 1. The molecule has 1 aromatic rings. The summed E-state index contributed by atoms with van der Waals surface area (Å²) in [6.45, 7) is 5.37. The molecule has 1 aromatic heterocycles. The van der Waals surface area contributed by atoms with Crippen molar-refractivity contribution in [3.8, 4) is 0 Å². The first-order chi connectivity index (χ1) is 9.92. The van der Waals surface area contributed by atoms with Gasteiger partial charge in [0.05, 0.1) is 0 Å². The number of nitrogens with zero attached hydrogens (tertiary/aromatic N) is 1. The van der Waals surface area contributed by atoms with Crippen LogP contribution in [0.5, 0.6) is 0 Å². The Morgan fingerprint density at radius 1 is 1.29 bits per heavy atom. The number of furan rings is 1. The van der Waals surface area contributed by atoms with Crippen LogP contribution in [0.2, 0.25) is 0 Å². The van der Waals surface area contributed by atoms with Gasteiger partial charge in [-0.25, -0.2) is 13.1 Å². The Hall–Kier alpha value is -0.890. The average Bonchev–Trinajstić information content (AvgIpc) is 3.08. The molecular weight excluding hydrogens is 290 g/mol. The van der Waals surface area contributed by atoms with E-state index in [2.05, 4.69) is 9.62 Å². The third-order valence-electron chi connectivity index (χ3n) is 4.40. The highest BCUT2D eigenvalue weighted by Gasteiger charge is 2.37. The highest BCUT2D eigenvalue weighted by molar-refractivity contribution is 7.89. The van der Waals surface area contributed by atoms with Crippen molar-refractivity contribution < 1.29 is 12.8 Å². The summed E-state index contributed by atoms with van der Waals surface area (Å²) in [7, 11) is -3.58. The summed E-state index contributed by atoms with van der Waals surface area (Å²) >= 11 is 0. The number of sulfonamides is 1. The fourth-order valence-electron chi connectivity index (χ4n) is 3.23. The van der Waals surface area contributed by atoms with E-state index < -0.39 is 10.0 Å². The van der Waals surface area contributed by atoms with Gasteiger partial charge in [0.15, 0.2) is 0 Å². The molecule has 0 spiro atoms. The summed E-state index contributed by atoms with van der Waals surface area (Å²) in [5, 5.41) is 0. The summed E-state index contributed by atoms with van der Waals surface area (Å²) in [5.74, 6) is 0.999. The first-order valence-corrected chi connectivity index (χ1v) is 8.96. The maximum Gasteiger partial charge on any atom is 0.244 e. The molecule has 6 nitrogen and oxygen atoms in total. The first kappa shape index (κ1) is 15.0. The summed E-state index contributed by atoms with van der Waals surface area (Å²) in [6.07, 6.45) is 3.36. The molecule has 1 aliphatic heterocycles. The van der Waals surface area contributed by atoms with Crippen LogP contribution in [0, 0.1) is 13.8 Å². The first-order valence-electron chi connectivity index (χ1n) is 7.47. The second-order valence-corrected chi connectivity index (χ2v) is 7.71. The van der Waals surface area contributed by atoms with Crippen LogP contribution in [0.25, 0.3) is 0 Å². The molecule has 7 heteroatoms. The molecule has 0 bridgehead atoms. The zero-order valence-electron chi connectivity index (χ0n) is 12.6. The number of rotatable bonds is 5. The molecule has 1 saturated carbocycles. The van der Waals surface area contributed by atoms with E-state index >= 15 is 0 Å². The van der Waals surface area contributed by atoms with Crippen molar-refractivity contribution in [3.05, 3.63) is 17.1 Å². The molecule has 1 unspecified atom stereocenters. The largest absolute Gasteiger partial charge is 0.465 e. The van der Waals surface area contributed by atoms with E-state index in [-0.39, 0.29) is 17.5 Å². The van der Waals surface area contributed by atoms with Gasteiger partial charge in [-0.3, -0.25) is 4.90 Å². The Morgan fingerprint density at radius 2 is 2.00 bits per heavy atom. The highest BCUT2D eigenvalue weighted by atomic mass is 32.2. The number of hydrogen-bond donors (Lipinski definition) is 2. The van der Waals surface area contributed by atoms with Crippen LogP contribution in [-0.4, -0.2) is 38.5 Å². The van der Waals surface area contributed by atoms with E-state index in [9.17, 15) is 8.42 Å². The smallest absolute Gasteiger partial charge is 0.244 e. The number of hydrogen-bond acceptors (Lipinski definition) is 5. The number of nitrogens with one attached hydrogen (secondary N) is 1. The summed E-state index contributed by atoms with van der Waals surface area (Å²) < 4.78 is 33.6. The Labute approximate surface area is 125 Å². The molecule has 21 heavy (non-hydrogen) atoms. The normalized spacial score (nSPS) is 23.9. The predicted molar refractivity (Wildman–Crippen MR) is 79.4 cm³/mol. The Bertz CT molecular complexity index is 634. The number of likely N-dealkylation sites (tertiary alicyclic amines) is 1. The minimum atomic E-state index is -3.58. The minimum absolute atomic E-state index is 0.0177. The van der Waals surface area contributed by atoms with Crippen molar-refractivity contribution >= 4 is 10.0 Å². The van der Waals surface area contributed by atoms with Crippen LogP contribution in [0.4, 0.5) is 0 Å². The van der Waals surface area contributed by atoms with E-state index in [1.165, 1.54) is 12.8 Å². The van der Waals surface area contributed by atoms with Crippen molar-refractivity contribution in [2.24, 2.45) is 5.73 Å². The topological polar surface area (TPSA) is 88.6 Å². The zero-order chi connectivity index (χ0) is 15.2. The van der Waals surface area contributed by atoms with Crippen molar-refractivity contribution in [1.29, 1.82) is 0 Å². The van der Waals surface area contributed by atoms with Gasteiger partial charge in [0, 0.05) is 37.3 Å². The lowest BCUT2D eigenvalue weighted by molar-refractivity contribution is 0.322. The second-order valence-electron chi connectivity index (χ2n) is 6.06. The van der Waals surface area contributed by atoms with Crippen LogP contribution in [-0.2, 0) is 16.6 Å². The lowest BCUT2D eigenvalue weighted by Crippen LogP contribution is -2.38. The third-order valence-corrected chi connectivity index (χ3v) is 6.12. The monoisotopic (exact) mass is 313 g/mol. The summed E-state index contributed by atoms with van der Waals surface area (Å²) in [6, 6.07) is 0.660. The Balaban J connectivity index is 1.78. The zero-order valence-corrected chi connectivity index (χ0v) is 13.4. The van der Waals surface area contributed by atoms with Crippen LogP contribution in [0.3, 0.4) is 0 Å². The standard InChI is InChI=1S/C14H23N3O3S/c1-9-13(7-15)14(10(2)20-9)21(18,19)16-11-5-6-17(8-11)12-3-4-12/h11-12,16H,3-8,15H2,1-2H3. The fourth-order valence-corrected chi connectivity index (χ4v) is 4.95. The van der Waals surface area contributed by atoms with Gasteiger partial charge in [0.2, 0.25) is 10.0 Å². The molecule has 1 aliphatic carbocycles. The van der Waals surface area contributed by atoms with E-state index in [0.29, 0.717) is 23.1 Å². The van der Waals surface area contributed by atoms with E-state index in [0.717, 1.165) is 19.5 Å². The third kappa shape index (κ3) is 2.88. The molecule has 3 N–H and O–H groups in total. The van der Waals surface area contributed by atoms with Crippen molar-refractivity contribution in [1.82, 2.24) is 9.62 Å². The van der Waals surface area contributed by atoms with E-state index in [4.69, 9.17) is 10.2 Å². The van der Waals surface area contributed by atoms with Crippen molar-refractivity contribution in [2.45, 2.75) is 56.6 Å². The molecule has 2 aliphatic rings. The van der Waals surface area contributed by atoms with Gasteiger partial charge in [-0.15, -0.1) is 0 Å². The van der Waals surface area contributed by atoms with Gasteiger partial charge in [-0.2, -0.15) is 0 Å². The molecule has 3 rings (SSSR count). The maximum absolute atomic E-state index is 12.6. The number of aryl methyl sites for hydroxylation is 2. The SMILES string of the molecule is Cc1oc(C)c(S(=O)(=O)NC2CCN(C3CC3)C2)c1CN. The molecule has 0 aromatic carbocycles. The predicted octanol–water partition coefficient (Wildman–Crippen LogP) is 0.870. The van der Waals surface area contributed by atoms with Crippen LogP contribution in [0.1, 0.15) is 36.3 Å². The molecule has 118 valence electrons. The van der Waals surface area contributed by atoms with Crippen LogP contribution < -0.4 is 10.5 Å². The van der Waals surface area contributed by atoms with E-state index in [1.807, 2.05) is 0 Å². The Kier molecular flexibility index (Phi) is 3.85. The van der Waals surface area contributed by atoms with Gasteiger partial charge in [-0.05, 0) is 33.1 Å². The van der Waals surface area contributed by atoms with Gasteiger partial charge in [0.25, 0.3) is 0 Å². The van der Waals surface area contributed by atoms with Crippen molar-refractivity contribution in [3.63, 3.8) is 0 Å². The van der Waals surface area contributed by atoms with Crippen molar-refractivity contribution in [2.75, 3.05) is 13.1 Å². The molecule has 1 atom stereocenters. The lowest BCUT2D eigenvalue weighted by Gasteiger charge is -2.16. The molecule has 0 amide bonds. The van der Waals surface area contributed by atoms with Gasteiger partial charge in [0.1, 0.15) is 16.4 Å². The fraction of sp³-hybridized carbons (Fsp3) is 0.714. The van der Waals surface area contributed by atoms with Gasteiger partial charge >= 0.3 is 0 Å². The highest BCUT2D eigenvalue weighted by Crippen LogP contribution is 2.31. The van der Waals surface area contributed by atoms with Gasteiger partial charge < -0.3 is 10.2 Å². The average molecular weight is 313 g/mol. The summed E-state index contributed by atoms with van der Waals surface area (Å²) in [5.41, 5.74) is 6.26. The lowest BCUT2D eigenvalue weighted by atomic mass is 10.2. The molecule has 2 fully saturated rings. The maximum atomic E-state index is 12.6. The van der Waals surface area contributed by atoms with Crippen LogP contribution >= 0.6 is 0 Å². The summed E-state index contributed by atoms with van der Waals surface area (Å²) in [4.78, 5) is 2.61. The molecule has 1 saturated heterocycles. The molecule has 2 heterocycles. The van der Waals surface area contributed by atoms with Gasteiger partial charge in [-0.1, -0.05) is 0 Å². The van der Waals surface area contributed by atoms with Crippen LogP contribution in [0.15, 0.2) is 9.31 Å². The molecular formula is C14H23N3O3S.